The maximum Gasteiger partial charge on any atom is 0.229 e. The van der Waals surface area contributed by atoms with E-state index < -0.39 is 29.4 Å². The predicted molar refractivity (Wildman–Crippen MR) is 139 cm³/mol. The highest BCUT2D eigenvalue weighted by Crippen LogP contribution is 2.42. The number of nitrogens with one attached hydrogen (secondary N) is 1. The molecule has 3 atom stereocenters. The molecule has 0 amide bonds. The minimum Gasteiger partial charge on any atom is -0.391 e. The van der Waals surface area contributed by atoms with Crippen LogP contribution in [-0.2, 0) is 5.60 Å². The summed E-state index contributed by atoms with van der Waals surface area (Å²) in [6.07, 6.45) is 6.15. The molecular formula is C27H29F2N7O2. The van der Waals surface area contributed by atoms with Crippen LogP contribution in [0.15, 0.2) is 48.9 Å². The number of aromatic nitrogens is 4. The van der Waals surface area contributed by atoms with Crippen molar-refractivity contribution in [3.63, 3.8) is 0 Å². The number of nitrogens with zero attached hydrogens (tertiary/aromatic N) is 5. The maximum absolute atomic E-state index is 15.1. The van der Waals surface area contributed by atoms with Gasteiger partial charge in [-0.25, -0.2) is 13.8 Å². The average molecular weight is 522 g/mol. The van der Waals surface area contributed by atoms with Gasteiger partial charge in [-0.15, -0.1) is 0 Å². The molecule has 198 valence electrons. The second-order valence-electron chi connectivity index (χ2n) is 10.4. The smallest absolute Gasteiger partial charge is 0.229 e. The number of aliphatic hydroxyl groups excluding tert-OH is 1. The van der Waals surface area contributed by atoms with Crippen molar-refractivity contribution in [3.8, 4) is 11.3 Å². The van der Waals surface area contributed by atoms with Crippen LogP contribution in [-0.4, -0.2) is 55.0 Å². The van der Waals surface area contributed by atoms with Crippen LogP contribution in [0.5, 0.6) is 0 Å². The van der Waals surface area contributed by atoms with Gasteiger partial charge in [-0.2, -0.15) is 9.61 Å². The average Bonchev–Trinajstić information content (AvgIpc) is 3.27. The Morgan fingerprint density at radius 3 is 2.55 bits per heavy atom. The lowest BCUT2D eigenvalue weighted by molar-refractivity contribution is -0.0392. The number of fused-ring (bicyclic) bond motifs is 1. The number of nitrogens with two attached hydrogens (primary N) is 1. The predicted octanol–water partition coefficient (Wildman–Crippen LogP) is 3.33. The summed E-state index contributed by atoms with van der Waals surface area (Å²) in [4.78, 5) is 10.7. The monoisotopic (exact) mass is 521 g/mol. The highest BCUT2D eigenvalue weighted by Gasteiger charge is 2.37. The number of aliphatic hydroxyl groups is 2. The van der Waals surface area contributed by atoms with Gasteiger partial charge in [0, 0.05) is 31.2 Å². The van der Waals surface area contributed by atoms with Crippen LogP contribution in [0.3, 0.4) is 0 Å². The van der Waals surface area contributed by atoms with Crippen LogP contribution in [0.25, 0.3) is 16.8 Å². The molecule has 5 N–H and O–H groups in total. The molecule has 3 aromatic heterocycles. The number of pyridine rings is 1. The summed E-state index contributed by atoms with van der Waals surface area (Å²) in [6.45, 7) is 3.04. The quantitative estimate of drug-likeness (QED) is 0.315. The highest BCUT2D eigenvalue weighted by atomic mass is 19.1. The Morgan fingerprint density at radius 1 is 1.11 bits per heavy atom. The molecule has 1 aliphatic carbocycles. The van der Waals surface area contributed by atoms with Gasteiger partial charge in [-0.3, -0.25) is 4.98 Å². The normalized spacial score (nSPS) is 22.9. The van der Waals surface area contributed by atoms with Gasteiger partial charge < -0.3 is 26.2 Å². The fraction of sp³-hybridized carbons (Fsp3) is 0.370. The topological polar surface area (TPSA) is 125 Å². The first-order chi connectivity index (χ1) is 18.2. The number of rotatable bonds is 5. The number of piperidine rings is 1. The fourth-order valence-corrected chi connectivity index (χ4v) is 5.38. The van der Waals surface area contributed by atoms with Crippen molar-refractivity contribution < 1.29 is 19.0 Å². The van der Waals surface area contributed by atoms with E-state index in [0.717, 1.165) is 12.1 Å². The molecule has 11 heteroatoms. The standard InChI is InChI=1S/C27H29F2N7O2/c1-15-13-35(14-20(30)25(15)37)23-5-8-31-12-22(23)33-26-32-11-17-3-4-21(34-36(17)26)24-18(28)9-16(10-19(24)29)27(38)6-2-7-27/h3-5,8-12,15,20,25,37-38H,2,6-7,13-14,30H2,1H3,(H,32,33)/t15-,20+,25+/m0/s1. The molecule has 2 aliphatic rings. The van der Waals surface area contributed by atoms with E-state index in [1.807, 2.05) is 13.0 Å². The minimum absolute atomic E-state index is 0.0163. The summed E-state index contributed by atoms with van der Waals surface area (Å²) >= 11 is 0. The van der Waals surface area contributed by atoms with E-state index in [2.05, 4.69) is 25.3 Å². The first-order valence-electron chi connectivity index (χ1n) is 12.7. The largest absolute Gasteiger partial charge is 0.391 e. The van der Waals surface area contributed by atoms with E-state index >= 15 is 8.78 Å². The Balaban J connectivity index is 1.34. The van der Waals surface area contributed by atoms with Gasteiger partial charge in [-0.05, 0) is 55.2 Å². The zero-order valence-corrected chi connectivity index (χ0v) is 20.9. The zero-order valence-electron chi connectivity index (χ0n) is 20.9. The molecule has 1 saturated carbocycles. The molecule has 1 aliphatic heterocycles. The Labute approximate surface area is 217 Å². The molecule has 0 radical (unpaired) electrons. The first-order valence-corrected chi connectivity index (χ1v) is 12.7. The van der Waals surface area contributed by atoms with Crippen molar-refractivity contribution in [1.82, 2.24) is 19.6 Å². The van der Waals surface area contributed by atoms with Crippen LogP contribution in [0.2, 0.25) is 0 Å². The molecule has 6 rings (SSSR count). The summed E-state index contributed by atoms with van der Waals surface area (Å²) in [5.74, 6) is -1.24. The SMILES string of the molecule is C[C@H]1CN(c2ccncc2Nc2ncc3ccc(-c4c(F)cc(C5(O)CCC5)cc4F)nn23)C[C@@H](N)[C@@H]1O. The van der Waals surface area contributed by atoms with Crippen molar-refractivity contribution in [2.75, 3.05) is 23.3 Å². The molecule has 0 unspecified atom stereocenters. The number of hydrogen-bond acceptors (Lipinski definition) is 8. The number of benzene rings is 1. The van der Waals surface area contributed by atoms with Crippen LogP contribution >= 0.6 is 0 Å². The van der Waals surface area contributed by atoms with Gasteiger partial charge >= 0.3 is 0 Å². The van der Waals surface area contributed by atoms with Crippen LogP contribution in [0.1, 0.15) is 31.7 Å². The molecule has 0 spiro atoms. The fourth-order valence-electron chi connectivity index (χ4n) is 5.38. The van der Waals surface area contributed by atoms with Gasteiger partial charge in [0.1, 0.15) is 11.6 Å². The number of hydrogen-bond donors (Lipinski definition) is 4. The van der Waals surface area contributed by atoms with E-state index in [0.29, 0.717) is 43.1 Å². The molecule has 9 nitrogen and oxygen atoms in total. The Hall–Kier alpha value is -3.67. The molecule has 4 heterocycles. The van der Waals surface area contributed by atoms with E-state index in [9.17, 15) is 10.2 Å². The van der Waals surface area contributed by atoms with Crippen molar-refractivity contribution in [2.45, 2.75) is 43.9 Å². The lowest BCUT2D eigenvalue weighted by Crippen LogP contribution is -2.55. The van der Waals surface area contributed by atoms with Gasteiger partial charge in [0.05, 0.1) is 52.2 Å². The Kier molecular flexibility index (Phi) is 6.01. The summed E-state index contributed by atoms with van der Waals surface area (Å²) < 4.78 is 31.8. The Morgan fingerprint density at radius 2 is 1.87 bits per heavy atom. The zero-order chi connectivity index (χ0) is 26.6. The molecule has 1 saturated heterocycles. The highest BCUT2D eigenvalue weighted by molar-refractivity contribution is 5.74. The lowest BCUT2D eigenvalue weighted by Gasteiger charge is -2.40. The number of halogens is 2. The van der Waals surface area contributed by atoms with Gasteiger partial charge in [0.25, 0.3) is 0 Å². The number of imidazole rings is 1. The molecule has 0 bridgehead atoms. The summed E-state index contributed by atoms with van der Waals surface area (Å²) in [7, 11) is 0. The second kappa shape index (κ2) is 9.26. The Bertz CT molecular complexity index is 1470. The van der Waals surface area contributed by atoms with Gasteiger partial charge in [0.2, 0.25) is 5.95 Å². The van der Waals surface area contributed by atoms with Crippen LogP contribution in [0, 0.1) is 17.6 Å². The molecule has 4 aromatic rings. The molecule has 1 aromatic carbocycles. The van der Waals surface area contributed by atoms with Crippen molar-refractivity contribution in [1.29, 1.82) is 0 Å². The summed E-state index contributed by atoms with van der Waals surface area (Å²) in [5, 5.41) is 28.5. The minimum atomic E-state index is -1.17. The second-order valence-corrected chi connectivity index (χ2v) is 10.4. The van der Waals surface area contributed by atoms with Crippen LogP contribution in [0.4, 0.5) is 26.1 Å². The molecule has 38 heavy (non-hydrogen) atoms. The third-order valence-electron chi connectivity index (χ3n) is 7.75. The third-order valence-corrected chi connectivity index (χ3v) is 7.75. The van der Waals surface area contributed by atoms with Gasteiger partial charge in [-0.1, -0.05) is 6.92 Å². The number of anilines is 3. The van der Waals surface area contributed by atoms with E-state index in [1.165, 1.54) is 22.7 Å². The van der Waals surface area contributed by atoms with Crippen LogP contribution < -0.4 is 16.0 Å². The van der Waals surface area contributed by atoms with Gasteiger partial charge in [0.15, 0.2) is 0 Å². The van der Waals surface area contributed by atoms with Crippen molar-refractivity contribution in [2.24, 2.45) is 11.7 Å². The maximum atomic E-state index is 15.1. The summed E-state index contributed by atoms with van der Waals surface area (Å²) in [5.41, 5.74) is 7.18. The molecular weight excluding hydrogens is 492 g/mol. The summed E-state index contributed by atoms with van der Waals surface area (Å²) in [6, 6.07) is 7.08. The molecule has 2 fully saturated rings. The van der Waals surface area contributed by atoms with E-state index in [1.54, 1.807) is 24.7 Å². The van der Waals surface area contributed by atoms with Crippen molar-refractivity contribution >= 4 is 22.8 Å². The lowest BCUT2D eigenvalue weighted by atomic mass is 9.75. The van der Waals surface area contributed by atoms with E-state index in [4.69, 9.17) is 5.73 Å². The first kappa shape index (κ1) is 24.7. The third kappa shape index (κ3) is 4.16. The van der Waals surface area contributed by atoms with E-state index in [-0.39, 0.29) is 22.7 Å². The van der Waals surface area contributed by atoms with Crippen molar-refractivity contribution in [3.05, 3.63) is 66.1 Å².